The molecule has 1 unspecified atom stereocenters. The number of methoxy groups -OCH3 is 1. The molecule has 19 heavy (non-hydrogen) atoms. The summed E-state index contributed by atoms with van der Waals surface area (Å²) >= 11 is 3.73. The smallest absolute Gasteiger partial charge is 0.127 e. The van der Waals surface area contributed by atoms with Crippen LogP contribution in [-0.2, 0) is 5.54 Å². The van der Waals surface area contributed by atoms with Crippen LogP contribution in [0.2, 0.25) is 0 Å². The standard InChI is InChI=1S/C15H23BrN2O/c1-9-10(2)14(19-5)12(11(3)13(9)16)15(4)8-17-6-7-18-15/h17-18H,6-8H2,1-5H3. The Bertz CT molecular complexity index is 494. The van der Waals surface area contributed by atoms with Crippen LogP contribution >= 0.6 is 15.9 Å². The van der Waals surface area contributed by atoms with Crippen molar-refractivity contribution >= 4 is 15.9 Å². The van der Waals surface area contributed by atoms with Gasteiger partial charge in [-0.25, -0.2) is 0 Å². The minimum atomic E-state index is -0.0886. The Kier molecular flexibility index (Phi) is 4.23. The lowest BCUT2D eigenvalue weighted by atomic mass is 9.84. The van der Waals surface area contributed by atoms with Crippen molar-refractivity contribution in [3.63, 3.8) is 0 Å². The number of benzene rings is 1. The Morgan fingerprint density at radius 1 is 1.11 bits per heavy atom. The molecule has 1 heterocycles. The highest BCUT2D eigenvalue weighted by molar-refractivity contribution is 9.10. The summed E-state index contributed by atoms with van der Waals surface area (Å²) in [4.78, 5) is 0. The molecule has 0 saturated carbocycles. The number of halogens is 1. The maximum Gasteiger partial charge on any atom is 0.127 e. The molecule has 0 aliphatic carbocycles. The van der Waals surface area contributed by atoms with Crippen LogP contribution < -0.4 is 15.4 Å². The number of rotatable bonds is 2. The van der Waals surface area contributed by atoms with Crippen LogP contribution in [0.25, 0.3) is 0 Å². The van der Waals surface area contributed by atoms with Crippen molar-refractivity contribution in [2.75, 3.05) is 26.7 Å². The SMILES string of the molecule is COc1c(C)c(C)c(Br)c(C)c1C1(C)CNCCN1. The maximum absolute atomic E-state index is 5.72. The quantitative estimate of drug-likeness (QED) is 0.876. The topological polar surface area (TPSA) is 33.3 Å². The molecule has 2 rings (SSSR count). The molecular weight excluding hydrogens is 304 g/mol. The lowest BCUT2D eigenvalue weighted by Crippen LogP contribution is -2.55. The molecule has 106 valence electrons. The summed E-state index contributed by atoms with van der Waals surface area (Å²) < 4.78 is 6.91. The minimum Gasteiger partial charge on any atom is -0.496 e. The molecule has 2 N–H and O–H groups in total. The molecule has 3 nitrogen and oxygen atoms in total. The van der Waals surface area contributed by atoms with Crippen molar-refractivity contribution in [3.05, 3.63) is 26.7 Å². The van der Waals surface area contributed by atoms with Gasteiger partial charge in [0.1, 0.15) is 5.75 Å². The van der Waals surface area contributed by atoms with E-state index in [-0.39, 0.29) is 5.54 Å². The normalized spacial score (nSPS) is 23.5. The molecule has 0 amide bonds. The van der Waals surface area contributed by atoms with Crippen molar-refractivity contribution in [2.45, 2.75) is 33.2 Å². The van der Waals surface area contributed by atoms with Crippen LogP contribution in [0, 0.1) is 20.8 Å². The first-order valence-electron chi connectivity index (χ1n) is 6.72. The van der Waals surface area contributed by atoms with Gasteiger partial charge in [-0.2, -0.15) is 0 Å². The maximum atomic E-state index is 5.72. The number of piperazine rings is 1. The molecule has 4 heteroatoms. The highest BCUT2D eigenvalue weighted by Crippen LogP contribution is 2.41. The third-order valence-electron chi connectivity index (χ3n) is 4.22. The Labute approximate surface area is 124 Å². The van der Waals surface area contributed by atoms with E-state index in [1.54, 1.807) is 7.11 Å². The van der Waals surface area contributed by atoms with Gasteiger partial charge in [0.2, 0.25) is 0 Å². The Morgan fingerprint density at radius 2 is 1.79 bits per heavy atom. The van der Waals surface area contributed by atoms with Gasteiger partial charge >= 0.3 is 0 Å². The Morgan fingerprint density at radius 3 is 2.32 bits per heavy atom. The fourth-order valence-electron chi connectivity index (χ4n) is 3.01. The van der Waals surface area contributed by atoms with E-state index in [1.165, 1.54) is 26.7 Å². The fourth-order valence-corrected chi connectivity index (χ4v) is 3.50. The van der Waals surface area contributed by atoms with E-state index in [9.17, 15) is 0 Å². The molecular formula is C15H23BrN2O. The van der Waals surface area contributed by atoms with E-state index in [0.717, 1.165) is 25.4 Å². The van der Waals surface area contributed by atoms with Crippen LogP contribution in [0.5, 0.6) is 5.75 Å². The second-order valence-electron chi connectivity index (χ2n) is 5.53. The summed E-state index contributed by atoms with van der Waals surface area (Å²) in [5, 5.41) is 7.11. The van der Waals surface area contributed by atoms with E-state index in [2.05, 4.69) is 54.3 Å². The zero-order valence-electron chi connectivity index (χ0n) is 12.4. The van der Waals surface area contributed by atoms with Crippen molar-refractivity contribution in [1.29, 1.82) is 0 Å². The van der Waals surface area contributed by atoms with Gasteiger partial charge in [0.25, 0.3) is 0 Å². The van der Waals surface area contributed by atoms with E-state index in [1.807, 2.05) is 0 Å². The first-order chi connectivity index (χ1) is 8.92. The molecule has 1 atom stereocenters. The molecule has 0 radical (unpaired) electrons. The highest BCUT2D eigenvalue weighted by Gasteiger charge is 2.34. The predicted molar refractivity (Wildman–Crippen MR) is 83.1 cm³/mol. The van der Waals surface area contributed by atoms with Crippen LogP contribution in [0.15, 0.2) is 4.47 Å². The number of hydrogen-bond acceptors (Lipinski definition) is 3. The van der Waals surface area contributed by atoms with Crippen LogP contribution in [0.3, 0.4) is 0 Å². The Hall–Kier alpha value is -0.580. The molecule has 1 aliphatic rings. The van der Waals surface area contributed by atoms with E-state index in [0.29, 0.717) is 0 Å². The monoisotopic (exact) mass is 326 g/mol. The summed E-state index contributed by atoms with van der Waals surface area (Å²) in [6, 6.07) is 0. The van der Waals surface area contributed by atoms with Gasteiger partial charge in [0.15, 0.2) is 0 Å². The summed E-state index contributed by atoms with van der Waals surface area (Å²) in [6.07, 6.45) is 0. The van der Waals surface area contributed by atoms with Crippen molar-refractivity contribution < 1.29 is 4.74 Å². The second kappa shape index (κ2) is 5.43. The van der Waals surface area contributed by atoms with Gasteiger partial charge in [0, 0.05) is 29.7 Å². The molecule has 0 bridgehead atoms. The van der Waals surface area contributed by atoms with Gasteiger partial charge in [-0.1, -0.05) is 15.9 Å². The molecule has 1 aliphatic heterocycles. The third kappa shape index (κ3) is 2.41. The van der Waals surface area contributed by atoms with Crippen LogP contribution in [-0.4, -0.2) is 26.7 Å². The average Bonchev–Trinajstić information content (AvgIpc) is 2.40. The van der Waals surface area contributed by atoms with Crippen LogP contribution in [0.1, 0.15) is 29.2 Å². The van der Waals surface area contributed by atoms with Gasteiger partial charge in [-0.05, 0) is 44.4 Å². The molecule has 1 aromatic carbocycles. The molecule has 0 aromatic heterocycles. The Balaban J connectivity index is 2.67. The van der Waals surface area contributed by atoms with Crippen molar-refractivity contribution in [3.8, 4) is 5.75 Å². The predicted octanol–water partition coefficient (Wildman–Crippen LogP) is 2.79. The van der Waals surface area contributed by atoms with E-state index < -0.39 is 0 Å². The number of nitrogens with one attached hydrogen (secondary N) is 2. The largest absolute Gasteiger partial charge is 0.496 e. The highest BCUT2D eigenvalue weighted by atomic mass is 79.9. The van der Waals surface area contributed by atoms with Crippen molar-refractivity contribution in [1.82, 2.24) is 10.6 Å². The van der Waals surface area contributed by atoms with Gasteiger partial charge in [-0.15, -0.1) is 0 Å². The lowest BCUT2D eigenvalue weighted by Gasteiger charge is -2.39. The summed E-state index contributed by atoms with van der Waals surface area (Å²) in [5.41, 5.74) is 4.90. The molecule has 0 spiro atoms. The first kappa shape index (κ1) is 14.8. The second-order valence-corrected chi connectivity index (χ2v) is 6.33. The first-order valence-corrected chi connectivity index (χ1v) is 7.51. The summed E-state index contributed by atoms with van der Waals surface area (Å²) in [5.74, 6) is 1.01. The fraction of sp³-hybridized carbons (Fsp3) is 0.600. The lowest BCUT2D eigenvalue weighted by molar-refractivity contribution is 0.287. The van der Waals surface area contributed by atoms with Gasteiger partial charge in [-0.3, -0.25) is 0 Å². The third-order valence-corrected chi connectivity index (χ3v) is 5.40. The molecule has 1 aromatic rings. The van der Waals surface area contributed by atoms with E-state index in [4.69, 9.17) is 4.74 Å². The zero-order valence-corrected chi connectivity index (χ0v) is 14.0. The number of ether oxygens (including phenoxy) is 1. The van der Waals surface area contributed by atoms with E-state index >= 15 is 0 Å². The summed E-state index contributed by atoms with van der Waals surface area (Å²) in [7, 11) is 1.76. The number of hydrogen-bond donors (Lipinski definition) is 2. The molecule has 1 fully saturated rings. The summed E-state index contributed by atoms with van der Waals surface area (Å²) in [6.45, 7) is 11.6. The van der Waals surface area contributed by atoms with Gasteiger partial charge < -0.3 is 15.4 Å². The van der Waals surface area contributed by atoms with Crippen molar-refractivity contribution in [2.24, 2.45) is 0 Å². The zero-order chi connectivity index (χ0) is 14.2. The minimum absolute atomic E-state index is 0.0886. The van der Waals surface area contributed by atoms with Crippen LogP contribution in [0.4, 0.5) is 0 Å². The average molecular weight is 327 g/mol. The molecule has 1 saturated heterocycles. The van der Waals surface area contributed by atoms with Gasteiger partial charge in [0.05, 0.1) is 12.6 Å².